The first-order valence-corrected chi connectivity index (χ1v) is 10.4. The molecule has 0 aliphatic carbocycles. The fourth-order valence-electron chi connectivity index (χ4n) is 2.99. The third-order valence-corrected chi connectivity index (χ3v) is 6.83. The Morgan fingerprint density at radius 2 is 1.43 bits per heavy atom. The van der Waals surface area contributed by atoms with Crippen LogP contribution in [0.4, 0.5) is 0 Å². The van der Waals surface area contributed by atoms with Gasteiger partial charge < -0.3 is 13.3 Å². The Kier molecular flexibility index (Phi) is 6.78. The zero-order chi connectivity index (χ0) is 16.7. The summed E-state index contributed by atoms with van der Waals surface area (Å²) < 4.78 is 18.2. The van der Waals surface area contributed by atoms with Gasteiger partial charge in [-0.2, -0.15) is 0 Å². The second kappa shape index (κ2) is 8.59. The maximum atomic E-state index is 6.07. The number of benzene rings is 2. The third kappa shape index (κ3) is 4.01. The summed E-state index contributed by atoms with van der Waals surface area (Å²) in [5.74, 6) is 0. The van der Waals surface area contributed by atoms with Crippen LogP contribution < -0.4 is 5.19 Å². The van der Waals surface area contributed by atoms with Gasteiger partial charge in [0.25, 0.3) is 0 Å². The van der Waals surface area contributed by atoms with E-state index in [-0.39, 0.29) is 0 Å². The largest absolute Gasteiger partial charge is 0.537 e. The van der Waals surface area contributed by atoms with Gasteiger partial charge in [-0.05, 0) is 49.6 Å². The highest BCUT2D eigenvalue weighted by molar-refractivity contribution is 6.75. The Labute approximate surface area is 140 Å². The van der Waals surface area contributed by atoms with E-state index in [4.69, 9.17) is 13.3 Å². The Morgan fingerprint density at radius 3 is 2.00 bits per heavy atom. The zero-order valence-electron chi connectivity index (χ0n) is 14.7. The highest BCUT2D eigenvalue weighted by atomic mass is 28.4. The fourth-order valence-corrected chi connectivity index (χ4v) is 5.56. The van der Waals surface area contributed by atoms with Crippen LogP contribution >= 0.6 is 0 Å². The lowest BCUT2D eigenvalue weighted by Gasteiger charge is -2.29. The molecule has 2 aromatic carbocycles. The molecular weight excluding hydrogens is 304 g/mol. The van der Waals surface area contributed by atoms with Crippen molar-refractivity contribution in [3.05, 3.63) is 42.0 Å². The minimum atomic E-state index is -2.85. The maximum Gasteiger partial charge on any atom is 0.537 e. The summed E-state index contributed by atoms with van der Waals surface area (Å²) in [6.07, 6.45) is 2.16. The van der Waals surface area contributed by atoms with E-state index in [1.165, 1.54) is 16.3 Å². The molecule has 4 heteroatoms. The molecule has 0 aliphatic rings. The number of rotatable bonds is 9. The van der Waals surface area contributed by atoms with Gasteiger partial charge in [-0.15, -0.1) is 0 Å². The van der Waals surface area contributed by atoms with Crippen LogP contribution in [0.1, 0.15) is 39.7 Å². The van der Waals surface area contributed by atoms with Crippen molar-refractivity contribution in [3.63, 3.8) is 0 Å². The molecule has 3 nitrogen and oxygen atoms in total. The molecule has 0 spiro atoms. The van der Waals surface area contributed by atoms with Crippen LogP contribution in [0.15, 0.2) is 36.4 Å². The summed E-state index contributed by atoms with van der Waals surface area (Å²) in [6.45, 7) is 9.95. The topological polar surface area (TPSA) is 27.7 Å². The van der Waals surface area contributed by atoms with Crippen molar-refractivity contribution in [1.29, 1.82) is 0 Å². The van der Waals surface area contributed by atoms with E-state index in [1.54, 1.807) is 0 Å². The minimum absolute atomic E-state index is 0.585. The first-order chi connectivity index (χ1) is 11.2. The standard InChI is InChI=1S/C19H28O3Si/c1-5-11-16-14-18(15-17-12-9-10-13-19(16)17)23(20-6-2,21-7-3)22-8-4/h9-10,12-15H,5-8,11H2,1-4H3. The highest BCUT2D eigenvalue weighted by Crippen LogP contribution is 2.22. The molecule has 0 aliphatic heterocycles. The van der Waals surface area contributed by atoms with Gasteiger partial charge in [-0.25, -0.2) is 0 Å². The monoisotopic (exact) mass is 332 g/mol. The summed E-state index contributed by atoms with van der Waals surface area (Å²) in [7, 11) is -2.85. The Balaban J connectivity index is 2.61. The molecule has 0 heterocycles. The summed E-state index contributed by atoms with van der Waals surface area (Å²) in [6, 6.07) is 12.9. The van der Waals surface area contributed by atoms with Crippen LogP contribution in [-0.4, -0.2) is 28.6 Å². The summed E-state index contributed by atoms with van der Waals surface area (Å²) in [5, 5.41) is 3.61. The normalized spacial score (nSPS) is 12.0. The molecule has 0 aromatic heterocycles. The van der Waals surface area contributed by atoms with E-state index in [0.717, 1.165) is 18.0 Å². The SMILES string of the molecule is CCCc1cc([Si](OCC)(OCC)OCC)cc2ccccc12. The van der Waals surface area contributed by atoms with Gasteiger partial charge in [-0.1, -0.05) is 43.7 Å². The summed E-state index contributed by atoms with van der Waals surface area (Å²) >= 11 is 0. The molecule has 0 unspecified atom stereocenters. The van der Waals surface area contributed by atoms with Crippen molar-refractivity contribution in [2.45, 2.75) is 40.5 Å². The molecule has 23 heavy (non-hydrogen) atoms. The van der Waals surface area contributed by atoms with Gasteiger partial charge in [0.15, 0.2) is 0 Å². The average Bonchev–Trinajstić information content (AvgIpc) is 2.55. The van der Waals surface area contributed by atoms with Crippen molar-refractivity contribution >= 4 is 24.8 Å². The van der Waals surface area contributed by atoms with Crippen molar-refractivity contribution in [2.24, 2.45) is 0 Å². The van der Waals surface area contributed by atoms with E-state index < -0.39 is 8.80 Å². The molecule has 0 fully saturated rings. The lowest BCUT2D eigenvalue weighted by molar-refractivity contribution is 0.0859. The molecule has 0 N–H and O–H groups in total. The smallest absolute Gasteiger partial charge is 0.370 e. The molecule has 126 valence electrons. The number of aryl methyl sites for hydroxylation is 1. The maximum absolute atomic E-state index is 6.07. The predicted octanol–water partition coefficient (Wildman–Crippen LogP) is 4.05. The first kappa shape index (κ1) is 18.1. The van der Waals surface area contributed by atoms with Crippen LogP contribution in [0.3, 0.4) is 0 Å². The van der Waals surface area contributed by atoms with Crippen molar-refractivity contribution in [2.75, 3.05) is 19.8 Å². The molecule has 0 amide bonds. The van der Waals surface area contributed by atoms with E-state index in [0.29, 0.717) is 19.8 Å². The Bertz CT molecular complexity index is 610. The summed E-state index contributed by atoms with van der Waals surface area (Å²) in [4.78, 5) is 0. The van der Waals surface area contributed by atoms with Gasteiger partial charge in [0.2, 0.25) is 0 Å². The molecule has 0 saturated carbocycles. The van der Waals surface area contributed by atoms with Gasteiger partial charge in [0.05, 0.1) is 0 Å². The molecule has 0 saturated heterocycles. The van der Waals surface area contributed by atoms with Gasteiger partial charge in [0, 0.05) is 25.0 Å². The molecule has 0 atom stereocenters. The van der Waals surface area contributed by atoms with E-state index in [2.05, 4.69) is 43.3 Å². The van der Waals surface area contributed by atoms with Crippen molar-refractivity contribution < 1.29 is 13.3 Å². The lowest BCUT2D eigenvalue weighted by atomic mass is 10.0. The van der Waals surface area contributed by atoms with Gasteiger partial charge in [-0.3, -0.25) is 0 Å². The molecule has 0 bridgehead atoms. The average molecular weight is 333 g/mol. The van der Waals surface area contributed by atoms with Crippen LogP contribution in [-0.2, 0) is 19.7 Å². The van der Waals surface area contributed by atoms with Crippen LogP contribution in [0.5, 0.6) is 0 Å². The highest BCUT2D eigenvalue weighted by Gasteiger charge is 2.43. The Hall–Kier alpha value is -1.20. The third-order valence-electron chi connectivity index (χ3n) is 3.82. The second-order valence-electron chi connectivity index (χ2n) is 5.46. The Morgan fingerprint density at radius 1 is 0.826 bits per heavy atom. The van der Waals surface area contributed by atoms with Crippen molar-refractivity contribution in [1.82, 2.24) is 0 Å². The first-order valence-electron chi connectivity index (χ1n) is 8.64. The van der Waals surface area contributed by atoms with Crippen molar-refractivity contribution in [3.8, 4) is 0 Å². The number of hydrogen-bond donors (Lipinski definition) is 0. The van der Waals surface area contributed by atoms with E-state index >= 15 is 0 Å². The number of hydrogen-bond acceptors (Lipinski definition) is 3. The summed E-state index contributed by atoms with van der Waals surface area (Å²) in [5.41, 5.74) is 1.34. The molecule has 0 radical (unpaired) electrons. The van der Waals surface area contributed by atoms with Gasteiger partial charge in [0.1, 0.15) is 0 Å². The van der Waals surface area contributed by atoms with E-state index in [1.807, 2.05) is 20.8 Å². The van der Waals surface area contributed by atoms with E-state index in [9.17, 15) is 0 Å². The fraction of sp³-hybridized carbons (Fsp3) is 0.474. The number of fused-ring (bicyclic) bond motifs is 1. The van der Waals surface area contributed by atoms with Crippen LogP contribution in [0.2, 0.25) is 0 Å². The molecule has 2 aromatic rings. The van der Waals surface area contributed by atoms with Gasteiger partial charge >= 0.3 is 8.80 Å². The quantitative estimate of drug-likeness (QED) is 0.649. The molecule has 2 rings (SSSR count). The zero-order valence-corrected chi connectivity index (χ0v) is 15.7. The lowest BCUT2D eigenvalue weighted by Crippen LogP contribution is -2.57. The van der Waals surface area contributed by atoms with Crippen LogP contribution in [0, 0.1) is 0 Å². The second-order valence-corrected chi connectivity index (χ2v) is 8.02. The minimum Gasteiger partial charge on any atom is -0.370 e. The predicted molar refractivity (Wildman–Crippen MR) is 98.2 cm³/mol. The molecular formula is C19H28O3Si. The van der Waals surface area contributed by atoms with Crippen LogP contribution in [0.25, 0.3) is 10.8 Å².